The average molecular weight is 373 g/mol. The molecule has 3 aromatic rings. The Hall–Kier alpha value is -3.10. The summed E-state index contributed by atoms with van der Waals surface area (Å²) in [6.45, 7) is 5.82. The van der Waals surface area contributed by atoms with E-state index >= 15 is 0 Å². The van der Waals surface area contributed by atoms with Gasteiger partial charge in [-0.3, -0.25) is 9.69 Å². The Morgan fingerprint density at radius 1 is 1.11 bits per heavy atom. The van der Waals surface area contributed by atoms with Gasteiger partial charge in [0.1, 0.15) is 11.3 Å². The van der Waals surface area contributed by atoms with Crippen molar-refractivity contribution in [2.45, 2.75) is 19.9 Å². The molecule has 1 saturated heterocycles. The molecule has 1 aliphatic heterocycles. The molecule has 142 valence electrons. The maximum absolute atomic E-state index is 13.0. The first-order valence-corrected chi connectivity index (χ1v) is 9.64. The van der Waals surface area contributed by atoms with Gasteiger partial charge in [-0.1, -0.05) is 18.2 Å². The fourth-order valence-corrected chi connectivity index (χ4v) is 3.83. The number of benzene rings is 2. The number of nitriles is 1. The highest BCUT2D eigenvalue weighted by atomic mass is 16.3. The van der Waals surface area contributed by atoms with E-state index in [4.69, 9.17) is 4.42 Å². The van der Waals surface area contributed by atoms with Crippen molar-refractivity contribution in [2.24, 2.45) is 0 Å². The number of hydrogen-bond donors (Lipinski definition) is 0. The van der Waals surface area contributed by atoms with E-state index < -0.39 is 0 Å². The Labute approximate surface area is 164 Å². The monoisotopic (exact) mass is 373 g/mol. The summed E-state index contributed by atoms with van der Waals surface area (Å²) in [4.78, 5) is 17.3. The first kappa shape index (κ1) is 18.3. The molecule has 28 heavy (non-hydrogen) atoms. The number of carbonyl (C=O) groups is 1. The molecule has 0 bridgehead atoms. The number of aryl methyl sites for hydroxylation is 1. The maximum Gasteiger partial charge on any atom is 0.253 e. The lowest BCUT2D eigenvalue weighted by Gasteiger charge is -2.22. The van der Waals surface area contributed by atoms with E-state index in [1.807, 2.05) is 60.4 Å². The van der Waals surface area contributed by atoms with E-state index in [0.717, 1.165) is 60.5 Å². The van der Waals surface area contributed by atoms with Crippen LogP contribution in [-0.4, -0.2) is 41.9 Å². The van der Waals surface area contributed by atoms with Crippen LogP contribution in [0, 0.1) is 18.3 Å². The van der Waals surface area contributed by atoms with E-state index in [9.17, 15) is 10.1 Å². The molecule has 1 fully saturated rings. The van der Waals surface area contributed by atoms with E-state index in [0.29, 0.717) is 12.1 Å². The van der Waals surface area contributed by atoms with Gasteiger partial charge in [0, 0.05) is 43.7 Å². The smallest absolute Gasteiger partial charge is 0.253 e. The minimum absolute atomic E-state index is 0.0695. The van der Waals surface area contributed by atoms with E-state index in [1.165, 1.54) is 0 Å². The Bertz CT molecular complexity index is 1050. The molecule has 1 aliphatic rings. The third-order valence-electron chi connectivity index (χ3n) is 5.29. The molecular formula is C23H23N3O2. The molecule has 1 aromatic heterocycles. The van der Waals surface area contributed by atoms with Crippen LogP contribution in [0.25, 0.3) is 11.0 Å². The lowest BCUT2D eigenvalue weighted by atomic mass is 10.1. The van der Waals surface area contributed by atoms with Crippen LogP contribution in [0.3, 0.4) is 0 Å². The average Bonchev–Trinajstić information content (AvgIpc) is 2.92. The second-order valence-electron chi connectivity index (χ2n) is 7.30. The highest BCUT2D eigenvalue weighted by Crippen LogP contribution is 2.21. The Kier molecular flexibility index (Phi) is 5.14. The molecule has 0 spiro atoms. The van der Waals surface area contributed by atoms with Crippen molar-refractivity contribution in [1.29, 1.82) is 5.26 Å². The zero-order valence-corrected chi connectivity index (χ0v) is 16.0. The number of carbonyl (C=O) groups excluding carboxylic acids is 1. The molecule has 0 atom stereocenters. The summed E-state index contributed by atoms with van der Waals surface area (Å²) in [5, 5.41) is 10.3. The normalized spacial score (nSPS) is 15.4. The van der Waals surface area contributed by atoms with Crippen LogP contribution in [0.2, 0.25) is 0 Å². The molecule has 1 amide bonds. The predicted octanol–water partition coefficient (Wildman–Crippen LogP) is 3.96. The third-order valence-corrected chi connectivity index (χ3v) is 5.29. The third kappa shape index (κ3) is 3.78. The van der Waals surface area contributed by atoms with Crippen LogP contribution in [0.5, 0.6) is 0 Å². The Morgan fingerprint density at radius 3 is 2.82 bits per heavy atom. The van der Waals surface area contributed by atoms with Crippen LogP contribution in [0.15, 0.2) is 52.9 Å². The van der Waals surface area contributed by atoms with Gasteiger partial charge in [0.05, 0.1) is 11.6 Å². The van der Waals surface area contributed by atoms with Crippen molar-refractivity contribution in [1.82, 2.24) is 9.80 Å². The zero-order valence-electron chi connectivity index (χ0n) is 16.0. The van der Waals surface area contributed by atoms with Crippen LogP contribution in [0.4, 0.5) is 0 Å². The standard InChI is InChI=1S/C23H23N3O2/c1-17-13-21-14-18(7-8-22(21)28-17)23(27)26-10-4-9-25(11-12-26)16-20-6-3-2-5-19(20)15-24/h2-3,5-8,13-14H,4,9-12,16H2,1H3. The first-order chi connectivity index (χ1) is 13.6. The van der Waals surface area contributed by atoms with Crippen molar-refractivity contribution in [3.05, 3.63) is 71.0 Å². The van der Waals surface area contributed by atoms with Crippen LogP contribution in [0.1, 0.15) is 33.7 Å². The van der Waals surface area contributed by atoms with Crippen molar-refractivity contribution in [3.63, 3.8) is 0 Å². The first-order valence-electron chi connectivity index (χ1n) is 9.64. The summed E-state index contributed by atoms with van der Waals surface area (Å²) < 4.78 is 5.60. The summed E-state index contributed by atoms with van der Waals surface area (Å²) >= 11 is 0. The summed E-state index contributed by atoms with van der Waals surface area (Å²) in [5.41, 5.74) is 3.29. The zero-order chi connectivity index (χ0) is 19.5. The quantitative estimate of drug-likeness (QED) is 0.697. The lowest BCUT2D eigenvalue weighted by Crippen LogP contribution is -2.35. The highest BCUT2D eigenvalue weighted by molar-refractivity contribution is 5.97. The SMILES string of the molecule is Cc1cc2cc(C(=O)N3CCCN(Cc4ccccc4C#N)CC3)ccc2o1. The van der Waals surface area contributed by atoms with Crippen LogP contribution >= 0.6 is 0 Å². The molecule has 0 aliphatic carbocycles. The molecule has 4 rings (SSSR count). The minimum Gasteiger partial charge on any atom is -0.461 e. The molecule has 0 unspecified atom stereocenters. The molecule has 5 nitrogen and oxygen atoms in total. The van der Waals surface area contributed by atoms with Crippen molar-refractivity contribution in [2.75, 3.05) is 26.2 Å². The van der Waals surface area contributed by atoms with Crippen molar-refractivity contribution >= 4 is 16.9 Å². The van der Waals surface area contributed by atoms with E-state index in [-0.39, 0.29) is 5.91 Å². The molecule has 0 radical (unpaired) electrons. The van der Waals surface area contributed by atoms with Gasteiger partial charge in [0.2, 0.25) is 0 Å². The van der Waals surface area contributed by atoms with Crippen molar-refractivity contribution in [3.8, 4) is 6.07 Å². The maximum atomic E-state index is 13.0. The highest BCUT2D eigenvalue weighted by Gasteiger charge is 2.21. The second-order valence-corrected chi connectivity index (χ2v) is 7.30. The van der Waals surface area contributed by atoms with Gasteiger partial charge < -0.3 is 9.32 Å². The molecular weight excluding hydrogens is 350 g/mol. The van der Waals surface area contributed by atoms with Gasteiger partial charge in [-0.2, -0.15) is 5.26 Å². The minimum atomic E-state index is 0.0695. The Balaban J connectivity index is 1.44. The fraction of sp³-hybridized carbons (Fsp3) is 0.304. The molecule has 0 N–H and O–H groups in total. The fourth-order valence-electron chi connectivity index (χ4n) is 3.83. The Morgan fingerprint density at radius 2 is 1.96 bits per heavy atom. The van der Waals surface area contributed by atoms with Crippen molar-refractivity contribution < 1.29 is 9.21 Å². The van der Waals surface area contributed by atoms with Gasteiger partial charge in [-0.15, -0.1) is 0 Å². The number of nitrogens with zero attached hydrogens (tertiary/aromatic N) is 3. The summed E-state index contributed by atoms with van der Waals surface area (Å²) in [5.74, 6) is 0.919. The lowest BCUT2D eigenvalue weighted by molar-refractivity contribution is 0.0761. The topological polar surface area (TPSA) is 60.5 Å². The van der Waals surface area contributed by atoms with Gasteiger partial charge >= 0.3 is 0 Å². The molecule has 0 saturated carbocycles. The summed E-state index contributed by atoms with van der Waals surface area (Å²) in [7, 11) is 0. The largest absolute Gasteiger partial charge is 0.461 e. The number of amides is 1. The molecule has 5 heteroatoms. The number of furan rings is 1. The summed E-state index contributed by atoms with van der Waals surface area (Å²) in [6.07, 6.45) is 0.924. The predicted molar refractivity (Wildman–Crippen MR) is 108 cm³/mol. The van der Waals surface area contributed by atoms with Gasteiger partial charge in [-0.25, -0.2) is 0 Å². The number of rotatable bonds is 3. The number of fused-ring (bicyclic) bond motifs is 1. The van der Waals surface area contributed by atoms with E-state index in [2.05, 4.69) is 11.0 Å². The van der Waals surface area contributed by atoms with Crippen LogP contribution < -0.4 is 0 Å². The second kappa shape index (κ2) is 7.87. The molecule has 2 heterocycles. The van der Waals surface area contributed by atoms with Crippen LogP contribution in [-0.2, 0) is 6.54 Å². The van der Waals surface area contributed by atoms with Gasteiger partial charge in [0.15, 0.2) is 0 Å². The van der Waals surface area contributed by atoms with E-state index in [1.54, 1.807) is 0 Å². The molecule has 2 aromatic carbocycles. The summed E-state index contributed by atoms with van der Waals surface area (Å²) in [6, 6.07) is 17.6. The van der Waals surface area contributed by atoms with Gasteiger partial charge in [-0.05, 0) is 49.2 Å². The number of hydrogen-bond acceptors (Lipinski definition) is 4. The van der Waals surface area contributed by atoms with Gasteiger partial charge in [0.25, 0.3) is 5.91 Å².